The van der Waals surface area contributed by atoms with Gasteiger partial charge in [0.2, 0.25) is 5.91 Å². The van der Waals surface area contributed by atoms with Crippen molar-refractivity contribution in [2.45, 2.75) is 57.6 Å². The number of nitrogens with two attached hydrogens (primary N) is 1. The highest BCUT2D eigenvalue weighted by molar-refractivity contribution is 5.80. The van der Waals surface area contributed by atoms with Gasteiger partial charge in [-0.25, -0.2) is 0 Å². The van der Waals surface area contributed by atoms with Crippen LogP contribution in [0.2, 0.25) is 0 Å². The Morgan fingerprint density at radius 2 is 2.17 bits per heavy atom. The van der Waals surface area contributed by atoms with Crippen LogP contribution in [0.3, 0.4) is 0 Å². The molecule has 104 valence electrons. The van der Waals surface area contributed by atoms with Crippen LogP contribution in [0.4, 0.5) is 0 Å². The quantitative estimate of drug-likeness (QED) is 0.772. The fourth-order valence-corrected chi connectivity index (χ4v) is 3.18. The largest absolute Gasteiger partial charge is 0.377 e. The molecule has 18 heavy (non-hydrogen) atoms. The van der Waals surface area contributed by atoms with Crippen LogP contribution in [0, 0.1) is 5.92 Å². The summed E-state index contributed by atoms with van der Waals surface area (Å²) in [6.07, 6.45) is 5.26. The number of rotatable bonds is 1. The Labute approximate surface area is 110 Å². The van der Waals surface area contributed by atoms with Gasteiger partial charge in [-0.05, 0) is 33.1 Å². The van der Waals surface area contributed by atoms with Gasteiger partial charge in [0.25, 0.3) is 0 Å². The molecule has 1 heterocycles. The lowest BCUT2D eigenvalue weighted by Gasteiger charge is -2.40. The first-order valence-corrected chi connectivity index (χ1v) is 7.20. The molecule has 1 amide bonds. The lowest BCUT2D eigenvalue weighted by atomic mass is 9.74. The van der Waals surface area contributed by atoms with Crippen molar-refractivity contribution in [2.24, 2.45) is 11.7 Å². The maximum atomic E-state index is 12.7. The summed E-state index contributed by atoms with van der Waals surface area (Å²) in [4.78, 5) is 14.6. The van der Waals surface area contributed by atoms with Gasteiger partial charge in [-0.1, -0.05) is 12.8 Å². The first-order valence-electron chi connectivity index (χ1n) is 7.20. The molecular weight excluding hydrogens is 228 g/mol. The third-order valence-corrected chi connectivity index (χ3v) is 4.32. The second kappa shape index (κ2) is 5.57. The fraction of sp³-hybridized carbons (Fsp3) is 0.929. The lowest BCUT2D eigenvalue weighted by Crippen LogP contribution is -2.54. The molecule has 2 fully saturated rings. The Bertz CT molecular complexity index is 304. The summed E-state index contributed by atoms with van der Waals surface area (Å²) in [5.41, 5.74) is 6.00. The number of carbonyl (C=O) groups is 1. The highest BCUT2D eigenvalue weighted by atomic mass is 16.5. The summed E-state index contributed by atoms with van der Waals surface area (Å²) in [7, 11) is 0. The van der Waals surface area contributed by atoms with Gasteiger partial charge < -0.3 is 15.4 Å². The van der Waals surface area contributed by atoms with E-state index < -0.39 is 0 Å². The summed E-state index contributed by atoms with van der Waals surface area (Å²) in [5, 5.41) is 0. The number of hydrogen-bond donors (Lipinski definition) is 1. The topological polar surface area (TPSA) is 55.6 Å². The second-order valence-electron chi connectivity index (χ2n) is 6.12. The zero-order valence-electron chi connectivity index (χ0n) is 11.7. The van der Waals surface area contributed by atoms with Crippen LogP contribution in [0.5, 0.6) is 0 Å². The molecule has 0 aromatic heterocycles. The molecule has 0 radical (unpaired) electrons. The summed E-state index contributed by atoms with van der Waals surface area (Å²) < 4.78 is 5.60. The highest BCUT2D eigenvalue weighted by Crippen LogP contribution is 2.33. The molecule has 0 aromatic rings. The average Bonchev–Trinajstić information content (AvgIpc) is 2.52. The monoisotopic (exact) mass is 254 g/mol. The van der Waals surface area contributed by atoms with E-state index in [1.54, 1.807) is 0 Å². The van der Waals surface area contributed by atoms with E-state index in [0.717, 1.165) is 45.3 Å². The molecule has 1 saturated heterocycles. The Hall–Kier alpha value is -0.610. The van der Waals surface area contributed by atoms with E-state index in [2.05, 4.69) is 0 Å². The van der Waals surface area contributed by atoms with Crippen molar-refractivity contribution >= 4 is 5.91 Å². The van der Waals surface area contributed by atoms with Crippen molar-refractivity contribution < 1.29 is 9.53 Å². The maximum Gasteiger partial charge on any atom is 0.227 e. The van der Waals surface area contributed by atoms with E-state index in [1.165, 1.54) is 0 Å². The Balaban J connectivity index is 2.04. The van der Waals surface area contributed by atoms with Gasteiger partial charge in [0.15, 0.2) is 0 Å². The molecule has 2 N–H and O–H groups in total. The molecule has 1 saturated carbocycles. The van der Waals surface area contributed by atoms with E-state index in [1.807, 2.05) is 18.7 Å². The third kappa shape index (κ3) is 3.04. The van der Waals surface area contributed by atoms with Crippen molar-refractivity contribution in [2.75, 3.05) is 19.7 Å². The van der Waals surface area contributed by atoms with Gasteiger partial charge in [-0.3, -0.25) is 4.79 Å². The molecule has 3 atom stereocenters. The van der Waals surface area contributed by atoms with Crippen LogP contribution in [0.1, 0.15) is 46.0 Å². The van der Waals surface area contributed by atoms with Gasteiger partial charge >= 0.3 is 0 Å². The summed E-state index contributed by atoms with van der Waals surface area (Å²) >= 11 is 0. The maximum absolute atomic E-state index is 12.7. The van der Waals surface area contributed by atoms with Crippen LogP contribution >= 0.6 is 0 Å². The molecule has 2 aliphatic rings. The summed E-state index contributed by atoms with van der Waals surface area (Å²) in [6, 6.07) is 0. The molecule has 1 aliphatic heterocycles. The van der Waals surface area contributed by atoms with E-state index >= 15 is 0 Å². The van der Waals surface area contributed by atoms with Crippen molar-refractivity contribution in [1.82, 2.24) is 4.90 Å². The van der Waals surface area contributed by atoms with E-state index in [0.29, 0.717) is 6.54 Å². The van der Waals surface area contributed by atoms with Crippen LogP contribution < -0.4 is 5.73 Å². The van der Waals surface area contributed by atoms with Gasteiger partial charge in [0.05, 0.1) is 12.0 Å². The second-order valence-corrected chi connectivity index (χ2v) is 6.12. The zero-order chi connectivity index (χ0) is 13.2. The molecular formula is C14H26N2O2. The third-order valence-electron chi connectivity index (χ3n) is 4.32. The van der Waals surface area contributed by atoms with Crippen LogP contribution in [-0.4, -0.2) is 42.1 Å². The van der Waals surface area contributed by atoms with Gasteiger partial charge in [0, 0.05) is 25.2 Å². The lowest BCUT2D eigenvalue weighted by molar-refractivity contribution is -0.139. The molecule has 0 aromatic carbocycles. The summed E-state index contributed by atoms with van der Waals surface area (Å²) in [5.74, 6) is 0.244. The number of carbonyl (C=O) groups excluding carboxylic acids is 1. The minimum absolute atomic E-state index is 0.00319. The molecule has 3 unspecified atom stereocenters. The predicted octanol–water partition coefficient (Wildman–Crippen LogP) is 1.53. The van der Waals surface area contributed by atoms with E-state index in [4.69, 9.17) is 10.5 Å². The van der Waals surface area contributed by atoms with Crippen molar-refractivity contribution in [3.05, 3.63) is 0 Å². The summed E-state index contributed by atoms with van der Waals surface area (Å²) in [6.45, 7) is 6.36. The number of amides is 1. The van der Waals surface area contributed by atoms with Gasteiger partial charge in [0.1, 0.15) is 0 Å². The van der Waals surface area contributed by atoms with E-state index in [-0.39, 0.29) is 23.5 Å². The minimum atomic E-state index is -0.328. The van der Waals surface area contributed by atoms with Crippen LogP contribution in [0.15, 0.2) is 0 Å². The molecule has 1 aliphatic carbocycles. The highest BCUT2D eigenvalue weighted by Gasteiger charge is 2.40. The van der Waals surface area contributed by atoms with Crippen molar-refractivity contribution in [1.29, 1.82) is 0 Å². The minimum Gasteiger partial charge on any atom is -0.377 e. The zero-order valence-corrected chi connectivity index (χ0v) is 11.7. The standard InChI is InChI=1S/C14H26N2O2/c1-11-10-16(8-5-9-18-11)13(17)12-6-3-4-7-14(12,2)15/h11-12H,3-10,15H2,1-2H3. The Morgan fingerprint density at radius 1 is 1.39 bits per heavy atom. The Morgan fingerprint density at radius 3 is 2.89 bits per heavy atom. The molecule has 0 spiro atoms. The first kappa shape index (κ1) is 13.8. The van der Waals surface area contributed by atoms with Crippen molar-refractivity contribution in [3.8, 4) is 0 Å². The van der Waals surface area contributed by atoms with Crippen LogP contribution in [-0.2, 0) is 9.53 Å². The smallest absolute Gasteiger partial charge is 0.227 e. The normalized spacial score (nSPS) is 38.3. The molecule has 0 bridgehead atoms. The van der Waals surface area contributed by atoms with Crippen LogP contribution in [0.25, 0.3) is 0 Å². The average molecular weight is 254 g/mol. The van der Waals surface area contributed by atoms with Gasteiger partial charge in [-0.15, -0.1) is 0 Å². The fourth-order valence-electron chi connectivity index (χ4n) is 3.18. The molecule has 4 nitrogen and oxygen atoms in total. The van der Waals surface area contributed by atoms with Gasteiger partial charge in [-0.2, -0.15) is 0 Å². The molecule has 4 heteroatoms. The number of nitrogens with zero attached hydrogens (tertiary/aromatic N) is 1. The SMILES string of the molecule is CC1CN(C(=O)C2CCCCC2(C)N)CCCO1. The number of hydrogen-bond acceptors (Lipinski definition) is 3. The molecule has 2 rings (SSSR count). The number of ether oxygens (including phenoxy) is 1. The van der Waals surface area contributed by atoms with E-state index in [9.17, 15) is 4.79 Å². The van der Waals surface area contributed by atoms with Crippen molar-refractivity contribution in [3.63, 3.8) is 0 Å². The Kier molecular flexibility index (Phi) is 4.28. The predicted molar refractivity (Wildman–Crippen MR) is 71.2 cm³/mol. The first-order chi connectivity index (χ1) is 8.50.